The maximum absolute atomic E-state index is 8.61. The van der Waals surface area contributed by atoms with Crippen molar-refractivity contribution in [3.8, 4) is 6.07 Å². The van der Waals surface area contributed by atoms with Gasteiger partial charge in [0.25, 0.3) is 0 Å². The van der Waals surface area contributed by atoms with Crippen LogP contribution in [0.15, 0.2) is 29.3 Å². The van der Waals surface area contributed by atoms with Crippen LogP contribution in [-0.4, -0.2) is 6.21 Å². The van der Waals surface area contributed by atoms with Crippen LogP contribution in [0.1, 0.15) is 72.3 Å². The Bertz CT molecular complexity index is 454. The smallest absolute Gasteiger partial charge is 0.0669 e. The Hall–Kier alpha value is -1.62. The minimum atomic E-state index is 0.476. The van der Waals surface area contributed by atoms with Gasteiger partial charge in [0.2, 0.25) is 0 Å². The predicted molar refractivity (Wildman–Crippen MR) is 102 cm³/mol. The Labute approximate surface area is 143 Å². The summed E-state index contributed by atoms with van der Waals surface area (Å²) in [6, 6.07) is 10.1. The summed E-state index contributed by atoms with van der Waals surface area (Å²) in [6.45, 7) is 10.6. The lowest BCUT2D eigenvalue weighted by Crippen LogP contribution is -2.13. The van der Waals surface area contributed by atoms with Crippen molar-refractivity contribution in [2.45, 2.75) is 73.1 Å². The zero-order valence-corrected chi connectivity index (χ0v) is 15.7. The summed E-state index contributed by atoms with van der Waals surface area (Å²) in [5.74, 6) is 1.49. The molecule has 0 amide bonds. The molecule has 1 fully saturated rings. The minimum absolute atomic E-state index is 0.476. The van der Waals surface area contributed by atoms with Crippen molar-refractivity contribution in [2.75, 3.05) is 0 Å². The van der Waals surface area contributed by atoms with E-state index in [0.717, 1.165) is 17.2 Å². The molecule has 0 bridgehead atoms. The van der Waals surface area contributed by atoms with Crippen molar-refractivity contribution in [3.63, 3.8) is 0 Å². The van der Waals surface area contributed by atoms with Gasteiger partial charge in [-0.2, -0.15) is 5.26 Å². The third kappa shape index (κ3) is 9.89. The van der Waals surface area contributed by atoms with Crippen LogP contribution in [-0.2, 0) is 6.42 Å². The fourth-order valence-electron chi connectivity index (χ4n) is 2.60. The van der Waals surface area contributed by atoms with Gasteiger partial charge in [0, 0.05) is 6.21 Å². The second kappa shape index (κ2) is 14.0. The number of nitriles is 1. The van der Waals surface area contributed by atoms with Crippen molar-refractivity contribution in [3.05, 3.63) is 29.8 Å². The highest BCUT2D eigenvalue weighted by atomic mass is 14.7. The summed E-state index contributed by atoms with van der Waals surface area (Å²) >= 11 is 0. The molecule has 0 N–H and O–H groups in total. The van der Waals surface area contributed by atoms with Crippen LogP contribution >= 0.6 is 0 Å². The van der Waals surface area contributed by atoms with Crippen molar-refractivity contribution in [2.24, 2.45) is 16.8 Å². The second-order valence-electron chi connectivity index (χ2n) is 6.02. The molecule has 0 saturated heterocycles. The lowest BCUT2D eigenvalue weighted by molar-refractivity contribution is 0.343. The van der Waals surface area contributed by atoms with Crippen LogP contribution in [0.2, 0.25) is 0 Å². The van der Waals surface area contributed by atoms with Crippen LogP contribution in [0.5, 0.6) is 0 Å². The van der Waals surface area contributed by atoms with Gasteiger partial charge >= 0.3 is 0 Å². The van der Waals surface area contributed by atoms with Crippen molar-refractivity contribution >= 4 is 11.9 Å². The Morgan fingerprint density at radius 1 is 1.17 bits per heavy atom. The van der Waals surface area contributed by atoms with E-state index in [2.05, 4.69) is 38.0 Å². The molecule has 0 heterocycles. The normalized spacial score (nSPS) is 19.8. The van der Waals surface area contributed by atoms with Crippen molar-refractivity contribution in [1.29, 1.82) is 5.26 Å². The average Bonchev–Trinajstić information content (AvgIpc) is 2.57. The molecule has 1 aromatic rings. The van der Waals surface area contributed by atoms with Gasteiger partial charge in [0.05, 0.1) is 18.2 Å². The molecular weight excluding hydrogens is 280 g/mol. The molecule has 1 saturated carbocycles. The summed E-state index contributed by atoms with van der Waals surface area (Å²) in [7, 11) is 0. The number of aliphatic imine (C=N–C) groups is 1. The molecule has 2 unspecified atom stereocenters. The summed E-state index contributed by atoms with van der Waals surface area (Å²) in [4.78, 5) is 4.56. The van der Waals surface area contributed by atoms with Crippen molar-refractivity contribution < 1.29 is 0 Å². The molecular formula is C21H34N2. The van der Waals surface area contributed by atoms with Gasteiger partial charge in [-0.3, -0.25) is 4.99 Å². The van der Waals surface area contributed by atoms with E-state index in [4.69, 9.17) is 5.26 Å². The van der Waals surface area contributed by atoms with E-state index in [1.807, 2.05) is 38.1 Å². The Kier molecular flexibility index (Phi) is 13.0. The van der Waals surface area contributed by atoms with E-state index < -0.39 is 0 Å². The Morgan fingerprint density at radius 2 is 1.78 bits per heavy atom. The van der Waals surface area contributed by atoms with Crippen LogP contribution < -0.4 is 0 Å². The van der Waals surface area contributed by atoms with E-state index in [0.29, 0.717) is 12.3 Å². The van der Waals surface area contributed by atoms with Crippen LogP contribution in [0.25, 0.3) is 0 Å². The molecule has 128 valence electrons. The van der Waals surface area contributed by atoms with E-state index >= 15 is 0 Å². The number of hydrogen-bond donors (Lipinski definition) is 0. The maximum Gasteiger partial charge on any atom is 0.0669 e. The van der Waals surface area contributed by atoms with Gasteiger partial charge in [-0.15, -0.1) is 0 Å². The van der Waals surface area contributed by atoms with E-state index in [1.165, 1.54) is 32.1 Å². The van der Waals surface area contributed by atoms with E-state index in [-0.39, 0.29) is 0 Å². The van der Waals surface area contributed by atoms with Crippen LogP contribution in [0, 0.1) is 23.2 Å². The summed E-state index contributed by atoms with van der Waals surface area (Å²) in [6.07, 6.45) is 9.10. The van der Waals surface area contributed by atoms with Gasteiger partial charge in [0.15, 0.2) is 0 Å². The van der Waals surface area contributed by atoms with Gasteiger partial charge in [0.1, 0.15) is 0 Å². The molecule has 0 aromatic heterocycles. The topological polar surface area (TPSA) is 36.1 Å². The predicted octanol–water partition coefficient (Wildman–Crippen LogP) is 6.72. The first kappa shape index (κ1) is 21.4. The monoisotopic (exact) mass is 314 g/mol. The summed E-state index contributed by atoms with van der Waals surface area (Å²) in [5, 5.41) is 8.61. The minimum Gasteiger partial charge on any atom is -0.261 e. The molecule has 1 aromatic carbocycles. The van der Waals surface area contributed by atoms with Gasteiger partial charge in [-0.05, 0) is 42.4 Å². The zero-order chi connectivity index (χ0) is 17.5. The highest BCUT2D eigenvalue weighted by molar-refractivity contribution is 5.66. The fourth-order valence-corrected chi connectivity index (χ4v) is 2.60. The van der Waals surface area contributed by atoms with Gasteiger partial charge in [-0.25, -0.2) is 0 Å². The Morgan fingerprint density at radius 3 is 2.30 bits per heavy atom. The van der Waals surface area contributed by atoms with Crippen LogP contribution in [0.4, 0.5) is 5.69 Å². The van der Waals surface area contributed by atoms with E-state index in [1.54, 1.807) is 0 Å². The molecule has 2 rings (SSSR count). The van der Waals surface area contributed by atoms with E-state index in [9.17, 15) is 0 Å². The maximum atomic E-state index is 8.61. The molecule has 0 radical (unpaired) electrons. The highest BCUT2D eigenvalue weighted by Crippen LogP contribution is 2.27. The average molecular weight is 315 g/mol. The molecule has 2 atom stereocenters. The number of benzene rings is 1. The molecule has 2 heteroatoms. The first-order valence-electron chi connectivity index (χ1n) is 9.19. The molecule has 1 aliphatic carbocycles. The standard InChI is InChI=1S/C16H20N2.C3H8.C2H6/c1-13-3-2-4-15(11-13)12-18-16-7-5-14(6-8-16)9-10-17;1-3-2;1-2/h5-8,12-13,15H,2-4,9,11H2,1H3;3H2,1-2H3;1-2H3. The van der Waals surface area contributed by atoms with Gasteiger partial charge in [-0.1, -0.05) is 66.0 Å². The highest BCUT2D eigenvalue weighted by Gasteiger charge is 2.16. The molecule has 2 nitrogen and oxygen atoms in total. The SMILES string of the molecule is CC.CC1CCCC(C=Nc2ccc(CC#N)cc2)C1.CCC. The molecule has 1 aliphatic rings. The Balaban J connectivity index is 0.000000868. The summed E-state index contributed by atoms with van der Waals surface area (Å²) in [5.41, 5.74) is 2.05. The number of rotatable bonds is 3. The largest absolute Gasteiger partial charge is 0.261 e. The summed E-state index contributed by atoms with van der Waals surface area (Å²) < 4.78 is 0. The zero-order valence-electron chi connectivity index (χ0n) is 15.7. The molecule has 0 aliphatic heterocycles. The first-order valence-corrected chi connectivity index (χ1v) is 9.19. The molecule has 0 spiro atoms. The first-order chi connectivity index (χ1) is 11.2. The lowest BCUT2D eigenvalue weighted by atomic mass is 9.83. The number of nitrogens with zero attached hydrogens (tertiary/aromatic N) is 2. The quantitative estimate of drug-likeness (QED) is 0.570. The van der Waals surface area contributed by atoms with Gasteiger partial charge < -0.3 is 0 Å². The lowest BCUT2D eigenvalue weighted by Gasteiger charge is -2.23. The second-order valence-corrected chi connectivity index (χ2v) is 6.02. The molecule has 23 heavy (non-hydrogen) atoms. The van der Waals surface area contributed by atoms with Crippen LogP contribution in [0.3, 0.4) is 0 Å². The number of hydrogen-bond acceptors (Lipinski definition) is 2. The van der Waals surface area contributed by atoms with Crippen molar-refractivity contribution in [1.82, 2.24) is 0 Å². The third-order valence-corrected chi connectivity index (χ3v) is 3.63. The third-order valence-electron chi connectivity index (χ3n) is 3.63. The fraction of sp³-hybridized carbons (Fsp3) is 0.619.